The zero-order chi connectivity index (χ0) is 12.3. The lowest BCUT2D eigenvalue weighted by Gasteiger charge is -1.95. The minimum Gasteiger partial charge on any atom is -0.408 e. The lowest BCUT2D eigenvalue weighted by Crippen LogP contribution is -2.13. The van der Waals surface area contributed by atoms with Gasteiger partial charge in [0, 0.05) is 13.5 Å². The van der Waals surface area contributed by atoms with Crippen molar-refractivity contribution in [3.05, 3.63) is 17.8 Å². The maximum atomic E-state index is 11.7. The third-order valence-electron chi connectivity index (χ3n) is 1.88. The largest absolute Gasteiger partial charge is 0.408 e. The summed E-state index contributed by atoms with van der Waals surface area (Å²) >= 11 is 0. The number of nitrogens with one attached hydrogen (secondary N) is 1. The molecule has 0 unspecified atom stereocenters. The van der Waals surface area contributed by atoms with Crippen LogP contribution in [0.5, 0.6) is 0 Å². The summed E-state index contributed by atoms with van der Waals surface area (Å²) in [6.45, 7) is 2.55. The summed E-state index contributed by atoms with van der Waals surface area (Å²) in [4.78, 5) is 11.7. The van der Waals surface area contributed by atoms with E-state index in [4.69, 9.17) is 10.2 Å². The molecule has 0 spiro atoms. The van der Waals surface area contributed by atoms with E-state index in [2.05, 4.69) is 25.8 Å². The monoisotopic (exact) mass is 237 g/mol. The minimum absolute atomic E-state index is 0.0286. The lowest BCUT2D eigenvalue weighted by atomic mass is 10.4. The van der Waals surface area contributed by atoms with Crippen LogP contribution < -0.4 is 11.1 Å². The molecular formula is C8H11N7O2. The number of nitrogens with zero attached hydrogens (tertiary/aromatic N) is 5. The van der Waals surface area contributed by atoms with Gasteiger partial charge in [-0.3, -0.25) is 14.8 Å². The van der Waals surface area contributed by atoms with Gasteiger partial charge in [0.1, 0.15) is 0 Å². The molecule has 3 N–H and O–H groups in total. The first-order valence-electron chi connectivity index (χ1n) is 4.90. The molecule has 0 saturated carbocycles. The summed E-state index contributed by atoms with van der Waals surface area (Å²) in [6, 6.07) is 0.0286. The van der Waals surface area contributed by atoms with Crippen LogP contribution >= 0.6 is 0 Å². The van der Waals surface area contributed by atoms with E-state index >= 15 is 0 Å². The van der Waals surface area contributed by atoms with E-state index in [0.717, 1.165) is 0 Å². The number of rotatable bonds is 4. The Bertz CT molecular complexity index is 517. The molecule has 90 valence electrons. The summed E-state index contributed by atoms with van der Waals surface area (Å²) < 4.78 is 6.48. The topological polar surface area (TPSA) is 125 Å². The van der Waals surface area contributed by atoms with E-state index in [9.17, 15) is 4.79 Å². The van der Waals surface area contributed by atoms with Gasteiger partial charge in [-0.25, -0.2) is 0 Å². The highest BCUT2D eigenvalue weighted by Crippen LogP contribution is 2.05. The number of hydrogen-bond donors (Lipinski definition) is 2. The molecule has 0 aliphatic rings. The first kappa shape index (κ1) is 11.2. The van der Waals surface area contributed by atoms with Gasteiger partial charge in [-0.1, -0.05) is 10.3 Å². The van der Waals surface area contributed by atoms with Gasteiger partial charge in [0.15, 0.2) is 5.69 Å². The molecule has 9 heteroatoms. The molecule has 0 aromatic carbocycles. The Balaban J connectivity index is 2.03. The molecule has 0 bridgehead atoms. The molecule has 2 aromatic rings. The number of carbonyl (C=O) groups excluding carboxylic acids is 1. The van der Waals surface area contributed by atoms with E-state index < -0.39 is 5.91 Å². The van der Waals surface area contributed by atoms with Crippen LogP contribution in [0.15, 0.2) is 10.6 Å². The highest BCUT2D eigenvalue weighted by Gasteiger charge is 2.13. The molecule has 0 radical (unpaired) electrons. The van der Waals surface area contributed by atoms with Crippen molar-refractivity contribution in [1.29, 1.82) is 0 Å². The third kappa shape index (κ3) is 2.64. The molecule has 0 saturated heterocycles. The molecule has 9 nitrogen and oxygen atoms in total. The zero-order valence-electron chi connectivity index (χ0n) is 9.12. The number of anilines is 1. The Hall–Kier alpha value is -2.29. The molecule has 0 aliphatic carbocycles. The molecule has 0 aliphatic heterocycles. The minimum atomic E-state index is -0.461. The number of nitrogens with two attached hydrogens (primary N) is 1. The lowest BCUT2D eigenvalue weighted by molar-refractivity contribution is 0.101. The standard InChI is InChI=1S/C8H11N7O2/c1-5-11-13-8(17-5)10-7(16)6-4-15(3-2-9)14-12-6/h4H,2-3,9H2,1H3,(H,10,13,16). The van der Waals surface area contributed by atoms with E-state index in [0.29, 0.717) is 19.0 Å². The molecule has 17 heavy (non-hydrogen) atoms. The Kier molecular flexibility index (Phi) is 3.10. The molecule has 2 rings (SSSR count). The second-order valence-corrected chi connectivity index (χ2v) is 3.24. The molecule has 0 atom stereocenters. The normalized spacial score (nSPS) is 10.5. The van der Waals surface area contributed by atoms with Gasteiger partial charge in [-0.05, 0) is 0 Å². The van der Waals surface area contributed by atoms with Gasteiger partial charge in [0.05, 0.1) is 12.7 Å². The number of aromatic nitrogens is 5. The summed E-state index contributed by atoms with van der Waals surface area (Å²) in [5, 5.41) is 17.0. The predicted octanol–water partition coefficient (Wildman–Crippen LogP) is -0.819. The fourth-order valence-electron chi connectivity index (χ4n) is 1.15. The SMILES string of the molecule is Cc1nnc(NC(=O)c2cn(CCN)nn2)o1. The number of carbonyl (C=O) groups is 1. The fourth-order valence-corrected chi connectivity index (χ4v) is 1.15. The van der Waals surface area contributed by atoms with Crippen molar-refractivity contribution < 1.29 is 9.21 Å². The van der Waals surface area contributed by atoms with Crippen molar-refractivity contribution in [2.75, 3.05) is 11.9 Å². The molecular weight excluding hydrogens is 226 g/mol. The number of hydrogen-bond acceptors (Lipinski definition) is 7. The van der Waals surface area contributed by atoms with Crippen LogP contribution in [0.1, 0.15) is 16.4 Å². The van der Waals surface area contributed by atoms with Crippen LogP contribution in [0.2, 0.25) is 0 Å². The second kappa shape index (κ2) is 4.70. The second-order valence-electron chi connectivity index (χ2n) is 3.24. The Labute approximate surface area is 96.0 Å². The van der Waals surface area contributed by atoms with Crippen LogP contribution in [0.3, 0.4) is 0 Å². The average molecular weight is 237 g/mol. The average Bonchev–Trinajstić information content (AvgIpc) is 2.88. The molecule has 1 amide bonds. The first-order chi connectivity index (χ1) is 8.19. The van der Waals surface area contributed by atoms with E-state index in [-0.39, 0.29) is 11.7 Å². The van der Waals surface area contributed by atoms with Gasteiger partial charge in [0.25, 0.3) is 5.91 Å². The van der Waals surface area contributed by atoms with Crippen LogP contribution in [0.25, 0.3) is 0 Å². The van der Waals surface area contributed by atoms with Crippen LogP contribution in [0.4, 0.5) is 6.01 Å². The molecule has 2 heterocycles. The highest BCUT2D eigenvalue weighted by molar-refractivity contribution is 6.01. The zero-order valence-corrected chi connectivity index (χ0v) is 9.12. The Morgan fingerprint density at radius 1 is 1.53 bits per heavy atom. The van der Waals surface area contributed by atoms with Crippen molar-refractivity contribution in [3.8, 4) is 0 Å². The maximum Gasteiger partial charge on any atom is 0.322 e. The number of aryl methyl sites for hydroxylation is 1. The van der Waals surface area contributed by atoms with Crippen LogP contribution in [0, 0.1) is 6.92 Å². The smallest absolute Gasteiger partial charge is 0.322 e. The van der Waals surface area contributed by atoms with Crippen LogP contribution in [-0.2, 0) is 6.54 Å². The van der Waals surface area contributed by atoms with Crippen molar-refractivity contribution >= 4 is 11.9 Å². The summed E-state index contributed by atoms with van der Waals surface area (Å²) in [5.41, 5.74) is 5.51. The predicted molar refractivity (Wildman–Crippen MR) is 56.1 cm³/mol. The highest BCUT2D eigenvalue weighted by atomic mass is 16.4. The van der Waals surface area contributed by atoms with Gasteiger partial charge in [-0.15, -0.1) is 10.2 Å². The Morgan fingerprint density at radius 3 is 3.00 bits per heavy atom. The van der Waals surface area contributed by atoms with Crippen molar-refractivity contribution in [2.45, 2.75) is 13.5 Å². The van der Waals surface area contributed by atoms with Crippen LogP contribution in [-0.4, -0.2) is 37.6 Å². The Morgan fingerprint density at radius 2 is 2.35 bits per heavy atom. The van der Waals surface area contributed by atoms with Crippen molar-refractivity contribution in [1.82, 2.24) is 25.2 Å². The summed E-state index contributed by atoms with van der Waals surface area (Å²) in [5.74, 6) is -0.0935. The van der Waals surface area contributed by atoms with Gasteiger partial charge >= 0.3 is 6.01 Å². The summed E-state index contributed by atoms with van der Waals surface area (Å²) in [7, 11) is 0. The summed E-state index contributed by atoms with van der Waals surface area (Å²) in [6.07, 6.45) is 1.49. The van der Waals surface area contributed by atoms with Gasteiger partial charge in [-0.2, -0.15) is 0 Å². The quantitative estimate of drug-likeness (QED) is 0.711. The maximum absolute atomic E-state index is 11.7. The van der Waals surface area contributed by atoms with Crippen molar-refractivity contribution in [3.63, 3.8) is 0 Å². The van der Waals surface area contributed by atoms with Crippen molar-refractivity contribution in [2.24, 2.45) is 5.73 Å². The van der Waals surface area contributed by atoms with Gasteiger partial charge < -0.3 is 10.2 Å². The van der Waals surface area contributed by atoms with E-state index in [1.54, 1.807) is 6.92 Å². The third-order valence-corrected chi connectivity index (χ3v) is 1.88. The molecule has 0 fully saturated rings. The van der Waals surface area contributed by atoms with E-state index in [1.165, 1.54) is 10.9 Å². The molecule has 2 aromatic heterocycles. The van der Waals surface area contributed by atoms with E-state index in [1.807, 2.05) is 0 Å². The fraction of sp³-hybridized carbons (Fsp3) is 0.375. The van der Waals surface area contributed by atoms with Gasteiger partial charge in [0.2, 0.25) is 5.89 Å². The number of amides is 1. The first-order valence-corrected chi connectivity index (χ1v) is 4.90.